The molecule has 4 N–H and O–H groups in total. The van der Waals surface area contributed by atoms with E-state index in [0.717, 1.165) is 19.4 Å². The lowest BCUT2D eigenvalue weighted by molar-refractivity contribution is 0.266. The normalized spacial score (nSPS) is 15.0. The van der Waals surface area contributed by atoms with Gasteiger partial charge in [0.15, 0.2) is 0 Å². The number of nitrogens with one attached hydrogen (secondary N) is 1. The third-order valence-corrected chi connectivity index (χ3v) is 3.17. The summed E-state index contributed by atoms with van der Waals surface area (Å²) in [5.41, 5.74) is 5.86. The summed E-state index contributed by atoms with van der Waals surface area (Å²) < 4.78 is 0. The van der Waals surface area contributed by atoms with Gasteiger partial charge in [0.25, 0.3) is 0 Å². The second kappa shape index (κ2) is 10.1. The number of hydrogen-bond acceptors (Lipinski definition) is 3. The lowest BCUT2D eigenvalue weighted by atomic mass is 9.94. The third kappa shape index (κ3) is 8.08. The maximum Gasteiger partial charge on any atom is 0.0443 e. The summed E-state index contributed by atoms with van der Waals surface area (Å²) in [6.45, 7) is 6.21. The van der Waals surface area contributed by atoms with Gasteiger partial charge >= 0.3 is 0 Å². The summed E-state index contributed by atoms with van der Waals surface area (Å²) in [7, 11) is 0. The molecular weight excluding hydrogens is 200 g/mol. The van der Waals surface area contributed by atoms with Crippen molar-refractivity contribution < 1.29 is 5.11 Å². The lowest BCUT2D eigenvalue weighted by Gasteiger charge is -2.29. The van der Waals surface area contributed by atoms with Crippen LogP contribution in [0.1, 0.15) is 58.8 Å². The molecule has 3 heteroatoms. The summed E-state index contributed by atoms with van der Waals surface area (Å²) in [5, 5.41) is 12.2. The van der Waals surface area contributed by atoms with Crippen molar-refractivity contribution >= 4 is 0 Å². The average molecular weight is 230 g/mol. The molecule has 0 aromatic rings. The van der Waals surface area contributed by atoms with E-state index in [2.05, 4.69) is 19.2 Å². The van der Waals surface area contributed by atoms with Crippen LogP contribution in [0.5, 0.6) is 0 Å². The van der Waals surface area contributed by atoms with E-state index in [1.54, 1.807) is 0 Å². The molecule has 0 fully saturated rings. The highest BCUT2D eigenvalue weighted by molar-refractivity contribution is 4.83. The topological polar surface area (TPSA) is 58.3 Å². The van der Waals surface area contributed by atoms with Gasteiger partial charge in [0, 0.05) is 18.7 Å². The van der Waals surface area contributed by atoms with Crippen LogP contribution >= 0.6 is 0 Å². The van der Waals surface area contributed by atoms with E-state index in [9.17, 15) is 0 Å². The predicted octanol–water partition coefficient (Wildman–Crippen LogP) is 2.04. The quantitative estimate of drug-likeness (QED) is 0.476. The van der Waals surface area contributed by atoms with Gasteiger partial charge < -0.3 is 16.2 Å². The SMILES string of the molecule is CCCCCCCC(C)(CN)NCCCO. The van der Waals surface area contributed by atoms with Crippen LogP contribution in [0, 0.1) is 0 Å². The molecule has 0 rings (SSSR count). The first-order valence-electron chi connectivity index (χ1n) is 6.74. The summed E-state index contributed by atoms with van der Waals surface area (Å²) in [5.74, 6) is 0. The molecule has 0 aliphatic heterocycles. The van der Waals surface area contributed by atoms with Crippen molar-refractivity contribution in [2.45, 2.75) is 64.3 Å². The minimum Gasteiger partial charge on any atom is -0.396 e. The highest BCUT2D eigenvalue weighted by Gasteiger charge is 2.20. The zero-order valence-electron chi connectivity index (χ0n) is 11.1. The molecule has 0 radical (unpaired) electrons. The molecule has 1 atom stereocenters. The van der Waals surface area contributed by atoms with Crippen LogP contribution in [0.4, 0.5) is 0 Å². The molecule has 0 saturated carbocycles. The van der Waals surface area contributed by atoms with Crippen molar-refractivity contribution in [3.63, 3.8) is 0 Å². The molecule has 16 heavy (non-hydrogen) atoms. The third-order valence-electron chi connectivity index (χ3n) is 3.17. The molecule has 0 aliphatic carbocycles. The van der Waals surface area contributed by atoms with Crippen molar-refractivity contribution in [2.24, 2.45) is 5.73 Å². The van der Waals surface area contributed by atoms with E-state index >= 15 is 0 Å². The van der Waals surface area contributed by atoms with Gasteiger partial charge in [0.05, 0.1) is 0 Å². The van der Waals surface area contributed by atoms with Crippen LogP contribution in [0.15, 0.2) is 0 Å². The lowest BCUT2D eigenvalue weighted by Crippen LogP contribution is -2.49. The summed E-state index contributed by atoms with van der Waals surface area (Å²) in [4.78, 5) is 0. The van der Waals surface area contributed by atoms with Crippen LogP contribution in [0.3, 0.4) is 0 Å². The standard InChI is InChI=1S/C13H30N2O/c1-3-4-5-6-7-9-13(2,12-14)15-10-8-11-16/h15-16H,3-12,14H2,1-2H3. The minimum atomic E-state index is 0.0569. The number of aliphatic hydroxyl groups excluding tert-OH is 1. The van der Waals surface area contributed by atoms with Gasteiger partial charge in [-0.3, -0.25) is 0 Å². The molecule has 0 bridgehead atoms. The summed E-state index contributed by atoms with van der Waals surface area (Å²) >= 11 is 0. The first-order chi connectivity index (χ1) is 7.68. The van der Waals surface area contributed by atoms with E-state index in [1.807, 2.05) is 0 Å². The van der Waals surface area contributed by atoms with Gasteiger partial charge in [-0.15, -0.1) is 0 Å². The highest BCUT2D eigenvalue weighted by atomic mass is 16.3. The molecule has 0 aliphatic rings. The zero-order valence-corrected chi connectivity index (χ0v) is 11.1. The molecular formula is C13H30N2O. The Morgan fingerprint density at radius 3 is 2.38 bits per heavy atom. The van der Waals surface area contributed by atoms with Crippen molar-refractivity contribution in [2.75, 3.05) is 19.7 Å². The van der Waals surface area contributed by atoms with Gasteiger partial charge in [-0.05, 0) is 26.3 Å². The van der Waals surface area contributed by atoms with E-state index in [-0.39, 0.29) is 12.1 Å². The summed E-state index contributed by atoms with van der Waals surface area (Å²) in [6.07, 6.45) is 8.49. The van der Waals surface area contributed by atoms with Crippen molar-refractivity contribution in [1.29, 1.82) is 0 Å². The average Bonchev–Trinajstić information content (AvgIpc) is 2.29. The Bertz CT molecular complexity index is 153. The molecule has 0 aromatic carbocycles. The molecule has 0 spiro atoms. The fourth-order valence-electron chi connectivity index (χ4n) is 1.85. The summed E-state index contributed by atoms with van der Waals surface area (Å²) in [6, 6.07) is 0. The Morgan fingerprint density at radius 2 is 1.81 bits per heavy atom. The first kappa shape index (κ1) is 15.9. The molecule has 0 amide bonds. The molecule has 0 saturated heterocycles. The maximum absolute atomic E-state index is 8.74. The Morgan fingerprint density at radius 1 is 1.12 bits per heavy atom. The Balaban J connectivity index is 3.61. The number of hydrogen-bond donors (Lipinski definition) is 3. The van der Waals surface area contributed by atoms with Gasteiger partial charge in [0.2, 0.25) is 0 Å². The van der Waals surface area contributed by atoms with Gasteiger partial charge in [-0.25, -0.2) is 0 Å². The van der Waals surface area contributed by atoms with Crippen LogP contribution < -0.4 is 11.1 Å². The van der Waals surface area contributed by atoms with Gasteiger partial charge in [-0.1, -0.05) is 39.0 Å². The molecule has 0 heterocycles. The van der Waals surface area contributed by atoms with E-state index in [1.165, 1.54) is 32.1 Å². The van der Waals surface area contributed by atoms with E-state index in [4.69, 9.17) is 10.8 Å². The van der Waals surface area contributed by atoms with Gasteiger partial charge in [0.1, 0.15) is 0 Å². The smallest absolute Gasteiger partial charge is 0.0443 e. The van der Waals surface area contributed by atoms with Crippen molar-refractivity contribution in [3.05, 3.63) is 0 Å². The molecule has 1 unspecified atom stereocenters. The number of nitrogens with two attached hydrogens (primary N) is 1. The second-order valence-corrected chi connectivity index (χ2v) is 4.93. The first-order valence-corrected chi connectivity index (χ1v) is 6.74. The number of unbranched alkanes of at least 4 members (excludes halogenated alkanes) is 4. The van der Waals surface area contributed by atoms with Crippen LogP contribution in [0.25, 0.3) is 0 Å². The van der Waals surface area contributed by atoms with E-state index in [0.29, 0.717) is 6.54 Å². The Hall–Kier alpha value is -0.120. The number of rotatable bonds is 11. The highest BCUT2D eigenvalue weighted by Crippen LogP contribution is 2.14. The maximum atomic E-state index is 8.74. The Kier molecular flexibility index (Phi) is 9.99. The van der Waals surface area contributed by atoms with E-state index < -0.39 is 0 Å². The number of aliphatic hydroxyl groups is 1. The van der Waals surface area contributed by atoms with Crippen molar-refractivity contribution in [3.8, 4) is 0 Å². The largest absolute Gasteiger partial charge is 0.396 e. The zero-order chi connectivity index (χ0) is 12.3. The van der Waals surface area contributed by atoms with Crippen LogP contribution in [0.2, 0.25) is 0 Å². The fourth-order valence-corrected chi connectivity index (χ4v) is 1.85. The molecule has 0 aromatic heterocycles. The van der Waals surface area contributed by atoms with Crippen molar-refractivity contribution in [1.82, 2.24) is 5.32 Å². The van der Waals surface area contributed by atoms with Crippen LogP contribution in [-0.2, 0) is 0 Å². The Labute approximate surface area is 101 Å². The predicted molar refractivity (Wildman–Crippen MR) is 70.5 cm³/mol. The minimum absolute atomic E-state index is 0.0569. The second-order valence-electron chi connectivity index (χ2n) is 4.93. The monoisotopic (exact) mass is 230 g/mol. The fraction of sp³-hybridized carbons (Fsp3) is 1.00. The van der Waals surface area contributed by atoms with Gasteiger partial charge in [-0.2, -0.15) is 0 Å². The molecule has 98 valence electrons. The molecule has 3 nitrogen and oxygen atoms in total. The van der Waals surface area contributed by atoms with Crippen LogP contribution in [-0.4, -0.2) is 30.3 Å².